The molecule has 1 aliphatic rings. The number of hydrogen-bond acceptors (Lipinski definition) is 4. The molecule has 1 heterocycles. The molecule has 0 unspecified atom stereocenters. The van der Waals surface area contributed by atoms with Crippen molar-refractivity contribution in [1.82, 2.24) is 8.75 Å². The molecule has 0 amide bonds. The average Bonchev–Trinajstić information content (AvgIpc) is 2.68. The molecular formula is C11H18ClN3S. The van der Waals surface area contributed by atoms with Gasteiger partial charge in [-0.2, -0.15) is 8.75 Å². The van der Waals surface area contributed by atoms with Gasteiger partial charge in [-0.15, -0.1) is 0 Å². The molecule has 0 aromatic carbocycles. The molecule has 1 fully saturated rings. The van der Waals surface area contributed by atoms with E-state index in [2.05, 4.69) is 21.0 Å². The average molecular weight is 260 g/mol. The summed E-state index contributed by atoms with van der Waals surface area (Å²) < 4.78 is 8.02. The molecule has 1 aromatic heterocycles. The lowest BCUT2D eigenvalue weighted by Gasteiger charge is -2.26. The minimum Gasteiger partial charge on any atom is -0.367 e. The van der Waals surface area contributed by atoms with Gasteiger partial charge in [-0.1, -0.05) is 44.2 Å². The highest BCUT2D eigenvalue weighted by molar-refractivity contribution is 6.99. The largest absolute Gasteiger partial charge is 0.367 e. The normalized spacial score (nSPS) is 25.6. The van der Waals surface area contributed by atoms with Crippen molar-refractivity contribution < 1.29 is 0 Å². The molecule has 0 radical (unpaired) electrons. The van der Waals surface area contributed by atoms with E-state index in [4.69, 9.17) is 11.6 Å². The van der Waals surface area contributed by atoms with Crippen molar-refractivity contribution in [3.8, 4) is 0 Å². The number of aromatic nitrogens is 2. The summed E-state index contributed by atoms with van der Waals surface area (Å²) in [5.74, 6) is 2.56. The fourth-order valence-corrected chi connectivity index (χ4v) is 2.98. The first kappa shape index (κ1) is 12.1. The van der Waals surface area contributed by atoms with Gasteiger partial charge in [0.05, 0.1) is 11.7 Å². The number of nitrogens with one attached hydrogen (secondary N) is 1. The Morgan fingerprint density at radius 1 is 1.31 bits per heavy atom. The zero-order valence-corrected chi connectivity index (χ0v) is 11.2. The monoisotopic (exact) mass is 259 g/mol. The molecule has 3 nitrogen and oxygen atoms in total. The van der Waals surface area contributed by atoms with Crippen molar-refractivity contribution in [2.75, 3.05) is 11.9 Å². The van der Waals surface area contributed by atoms with Gasteiger partial charge in [-0.25, -0.2) is 0 Å². The molecule has 0 atom stereocenters. The van der Waals surface area contributed by atoms with E-state index in [0.29, 0.717) is 5.15 Å². The summed E-state index contributed by atoms with van der Waals surface area (Å²) in [4.78, 5) is 0. The van der Waals surface area contributed by atoms with Crippen LogP contribution in [0.5, 0.6) is 0 Å². The first-order valence-electron chi connectivity index (χ1n) is 5.97. The van der Waals surface area contributed by atoms with Crippen LogP contribution in [-0.4, -0.2) is 15.3 Å². The van der Waals surface area contributed by atoms with E-state index in [-0.39, 0.29) is 0 Å². The summed E-state index contributed by atoms with van der Waals surface area (Å²) in [7, 11) is 0. The molecule has 0 bridgehead atoms. The Balaban J connectivity index is 1.67. The van der Waals surface area contributed by atoms with Crippen LogP contribution in [0.4, 0.5) is 5.82 Å². The second kappa shape index (κ2) is 5.82. The van der Waals surface area contributed by atoms with Crippen LogP contribution in [0.15, 0.2) is 0 Å². The lowest BCUT2D eigenvalue weighted by atomic mass is 9.81. The second-order valence-electron chi connectivity index (χ2n) is 4.74. The van der Waals surface area contributed by atoms with Gasteiger partial charge in [0.15, 0.2) is 11.0 Å². The number of rotatable bonds is 4. The number of nitrogens with zero attached hydrogens (tertiary/aromatic N) is 2. The third kappa shape index (κ3) is 3.32. The van der Waals surface area contributed by atoms with Crippen LogP contribution in [0.1, 0.15) is 39.0 Å². The lowest BCUT2D eigenvalue weighted by Crippen LogP contribution is -2.15. The zero-order valence-electron chi connectivity index (χ0n) is 9.58. The lowest BCUT2D eigenvalue weighted by molar-refractivity contribution is 0.282. The highest BCUT2D eigenvalue weighted by Crippen LogP contribution is 2.30. The van der Waals surface area contributed by atoms with Crippen molar-refractivity contribution in [2.45, 2.75) is 39.0 Å². The number of halogens is 1. The Morgan fingerprint density at radius 2 is 2.06 bits per heavy atom. The predicted molar refractivity (Wildman–Crippen MR) is 69.1 cm³/mol. The standard InChI is InChI=1S/C11H18ClN3S/c1-8-2-4-9(5-3-8)6-7-13-11-10(12)14-16-15-11/h8-9H,2-7H2,1H3,(H,13,15). The van der Waals surface area contributed by atoms with Crippen LogP contribution in [0.25, 0.3) is 0 Å². The molecule has 2 rings (SSSR count). The van der Waals surface area contributed by atoms with Crippen LogP contribution < -0.4 is 5.32 Å². The maximum atomic E-state index is 5.85. The topological polar surface area (TPSA) is 37.8 Å². The molecule has 0 saturated heterocycles. The van der Waals surface area contributed by atoms with Gasteiger partial charge in [-0.05, 0) is 18.3 Å². The maximum Gasteiger partial charge on any atom is 0.186 e. The van der Waals surface area contributed by atoms with Crippen LogP contribution in [-0.2, 0) is 0 Å². The Bertz CT molecular complexity index is 321. The predicted octanol–water partition coefficient (Wildman–Crippen LogP) is 3.82. The first-order chi connectivity index (χ1) is 7.75. The van der Waals surface area contributed by atoms with Gasteiger partial charge in [-0.3, -0.25) is 0 Å². The molecule has 1 saturated carbocycles. The minimum atomic E-state index is 0.502. The van der Waals surface area contributed by atoms with E-state index in [1.807, 2.05) is 0 Å². The SMILES string of the molecule is CC1CCC(CCNc2nsnc2Cl)CC1. The van der Waals surface area contributed by atoms with Crippen LogP contribution >= 0.6 is 23.3 Å². The second-order valence-corrected chi connectivity index (χ2v) is 5.63. The van der Waals surface area contributed by atoms with Crippen molar-refractivity contribution in [1.29, 1.82) is 0 Å². The quantitative estimate of drug-likeness (QED) is 0.893. The van der Waals surface area contributed by atoms with E-state index in [0.717, 1.165) is 35.9 Å². The molecule has 1 aliphatic carbocycles. The van der Waals surface area contributed by atoms with Crippen molar-refractivity contribution in [3.63, 3.8) is 0 Å². The van der Waals surface area contributed by atoms with E-state index >= 15 is 0 Å². The Kier molecular flexibility index (Phi) is 4.41. The Morgan fingerprint density at radius 3 is 2.69 bits per heavy atom. The molecule has 5 heteroatoms. The van der Waals surface area contributed by atoms with Crippen molar-refractivity contribution >= 4 is 29.1 Å². The van der Waals surface area contributed by atoms with Crippen LogP contribution in [0, 0.1) is 11.8 Å². The smallest absolute Gasteiger partial charge is 0.186 e. The molecule has 16 heavy (non-hydrogen) atoms. The first-order valence-corrected chi connectivity index (χ1v) is 7.08. The van der Waals surface area contributed by atoms with Crippen LogP contribution in [0.3, 0.4) is 0 Å². The van der Waals surface area contributed by atoms with E-state index in [9.17, 15) is 0 Å². The van der Waals surface area contributed by atoms with Gasteiger partial charge in [0, 0.05) is 6.54 Å². The van der Waals surface area contributed by atoms with E-state index in [1.165, 1.54) is 32.1 Å². The summed E-state index contributed by atoms with van der Waals surface area (Å²) in [5.41, 5.74) is 0. The van der Waals surface area contributed by atoms with Gasteiger partial charge in [0.2, 0.25) is 0 Å². The third-order valence-corrected chi connectivity index (χ3v) is 4.32. The fraction of sp³-hybridized carbons (Fsp3) is 0.818. The zero-order chi connectivity index (χ0) is 11.4. The molecule has 0 spiro atoms. The molecular weight excluding hydrogens is 242 g/mol. The highest BCUT2D eigenvalue weighted by atomic mass is 35.5. The summed E-state index contributed by atoms with van der Waals surface area (Å²) in [6.07, 6.45) is 6.77. The summed E-state index contributed by atoms with van der Waals surface area (Å²) >= 11 is 7.01. The minimum absolute atomic E-state index is 0.502. The van der Waals surface area contributed by atoms with E-state index < -0.39 is 0 Å². The maximum absolute atomic E-state index is 5.85. The summed E-state index contributed by atoms with van der Waals surface area (Å²) in [6.45, 7) is 3.32. The number of hydrogen-bond donors (Lipinski definition) is 1. The Hall–Kier alpha value is -0.350. The Labute approximate surface area is 106 Å². The van der Waals surface area contributed by atoms with Gasteiger partial charge < -0.3 is 5.32 Å². The number of anilines is 1. The van der Waals surface area contributed by atoms with Gasteiger partial charge in [0.1, 0.15) is 0 Å². The molecule has 1 N–H and O–H groups in total. The molecule has 90 valence electrons. The summed E-state index contributed by atoms with van der Waals surface area (Å²) in [6, 6.07) is 0. The fourth-order valence-electron chi connectivity index (χ4n) is 2.30. The van der Waals surface area contributed by atoms with E-state index in [1.54, 1.807) is 0 Å². The van der Waals surface area contributed by atoms with Crippen molar-refractivity contribution in [3.05, 3.63) is 5.15 Å². The third-order valence-electron chi connectivity index (χ3n) is 3.43. The molecule has 0 aliphatic heterocycles. The highest BCUT2D eigenvalue weighted by Gasteiger charge is 2.17. The van der Waals surface area contributed by atoms with Crippen molar-refractivity contribution in [2.24, 2.45) is 11.8 Å². The molecule has 1 aromatic rings. The van der Waals surface area contributed by atoms with Crippen LogP contribution in [0.2, 0.25) is 5.15 Å². The van der Waals surface area contributed by atoms with Gasteiger partial charge in [0.25, 0.3) is 0 Å². The van der Waals surface area contributed by atoms with Gasteiger partial charge >= 0.3 is 0 Å². The summed E-state index contributed by atoms with van der Waals surface area (Å²) in [5, 5.41) is 3.76.